The van der Waals surface area contributed by atoms with Crippen molar-refractivity contribution in [1.82, 2.24) is 9.88 Å². The van der Waals surface area contributed by atoms with Crippen molar-refractivity contribution in [2.75, 3.05) is 13.2 Å². The lowest BCUT2D eigenvalue weighted by Gasteiger charge is -2.25. The van der Waals surface area contributed by atoms with Crippen LogP contribution in [0.15, 0.2) is 72.6 Å². The summed E-state index contributed by atoms with van der Waals surface area (Å²) in [5, 5.41) is 11.2. The number of aliphatic hydroxyl groups is 1. The Morgan fingerprint density at radius 2 is 1.85 bits per heavy atom. The van der Waals surface area contributed by atoms with Crippen molar-refractivity contribution in [3.05, 3.63) is 101 Å². The molecule has 1 amide bonds. The molecular weight excluding hydrogens is 423 g/mol. The minimum atomic E-state index is -0.752. The van der Waals surface area contributed by atoms with Crippen molar-refractivity contribution in [2.45, 2.75) is 18.9 Å². The largest absolute Gasteiger partial charge is 0.507 e. The molecule has 7 heteroatoms. The van der Waals surface area contributed by atoms with Gasteiger partial charge in [0.2, 0.25) is 0 Å². The van der Waals surface area contributed by atoms with Gasteiger partial charge in [-0.25, -0.2) is 4.39 Å². The van der Waals surface area contributed by atoms with Gasteiger partial charge in [0, 0.05) is 30.9 Å². The van der Waals surface area contributed by atoms with Crippen molar-refractivity contribution < 1.29 is 23.8 Å². The van der Waals surface area contributed by atoms with E-state index >= 15 is 0 Å². The second-order valence-electron chi connectivity index (χ2n) is 8.07. The SMILES string of the molecule is O=C1C(=O)N(CCc2ccc(F)cc2)C(c2ccncc2)/C1=C(/O)c1ccc2c(c1)CCO2. The molecule has 5 rings (SSSR count). The van der Waals surface area contributed by atoms with E-state index in [1.807, 2.05) is 0 Å². The highest BCUT2D eigenvalue weighted by Gasteiger charge is 2.45. The number of hydrogen-bond donors (Lipinski definition) is 1. The highest BCUT2D eigenvalue weighted by Crippen LogP contribution is 2.40. The molecule has 6 nitrogen and oxygen atoms in total. The van der Waals surface area contributed by atoms with Gasteiger partial charge in [0.1, 0.15) is 17.3 Å². The first kappa shape index (κ1) is 20.9. The number of benzene rings is 2. The normalized spacial score (nSPS) is 18.9. The fraction of sp³-hybridized carbons (Fsp3) is 0.192. The third-order valence-electron chi connectivity index (χ3n) is 6.08. The van der Waals surface area contributed by atoms with Gasteiger partial charge in [0.15, 0.2) is 0 Å². The second-order valence-corrected chi connectivity index (χ2v) is 8.07. The molecule has 2 aromatic carbocycles. The number of nitrogens with zero attached hydrogens (tertiary/aromatic N) is 2. The maximum atomic E-state index is 13.3. The number of hydrogen-bond acceptors (Lipinski definition) is 5. The van der Waals surface area contributed by atoms with Crippen LogP contribution in [0.25, 0.3) is 5.76 Å². The zero-order chi connectivity index (χ0) is 22.9. The van der Waals surface area contributed by atoms with Gasteiger partial charge in [0.25, 0.3) is 11.7 Å². The van der Waals surface area contributed by atoms with E-state index in [0.29, 0.717) is 24.2 Å². The molecule has 0 spiro atoms. The third kappa shape index (κ3) is 3.86. The second kappa shape index (κ2) is 8.50. The van der Waals surface area contributed by atoms with Crippen LogP contribution >= 0.6 is 0 Å². The Balaban J connectivity index is 1.54. The zero-order valence-corrected chi connectivity index (χ0v) is 17.7. The van der Waals surface area contributed by atoms with Gasteiger partial charge in [-0.1, -0.05) is 12.1 Å². The number of aliphatic hydroxyl groups excluding tert-OH is 1. The molecule has 1 fully saturated rings. The van der Waals surface area contributed by atoms with Gasteiger partial charge < -0.3 is 14.7 Å². The molecule has 1 atom stereocenters. The minimum absolute atomic E-state index is 0.0455. The first-order valence-electron chi connectivity index (χ1n) is 10.7. The quantitative estimate of drug-likeness (QED) is 0.368. The summed E-state index contributed by atoms with van der Waals surface area (Å²) in [5.74, 6) is -1.20. The van der Waals surface area contributed by atoms with Gasteiger partial charge in [-0.3, -0.25) is 14.6 Å². The molecule has 1 saturated heterocycles. The van der Waals surface area contributed by atoms with E-state index in [0.717, 1.165) is 23.3 Å². The Labute approximate surface area is 190 Å². The van der Waals surface area contributed by atoms with E-state index in [1.165, 1.54) is 17.0 Å². The summed E-state index contributed by atoms with van der Waals surface area (Å²) in [6.07, 6.45) is 4.33. The van der Waals surface area contributed by atoms with Crippen LogP contribution in [0.2, 0.25) is 0 Å². The summed E-state index contributed by atoms with van der Waals surface area (Å²) in [5.41, 5.74) is 2.98. The van der Waals surface area contributed by atoms with Crippen molar-refractivity contribution in [3.8, 4) is 5.75 Å². The number of carbonyl (C=O) groups is 2. The molecule has 3 aromatic rings. The summed E-state index contributed by atoms with van der Waals surface area (Å²) >= 11 is 0. The number of ether oxygens (including phenoxy) is 1. The lowest BCUT2D eigenvalue weighted by atomic mass is 9.95. The monoisotopic (exact) mass is 444 g/mol. The summed E-state index contributed by atoms with van der Waals surface area (Å²) in [6.45, 7) is 0.808. The van der Waals surface area contributed by atoms with Gasteiger partial charge >= 0.3 is 0 Å². The Morgan fingerprint density at radius 1 is 1.09 bits per heavy atom. The lowest BCUT2D eigenvalue weighted by Crippen LogP contribution is -2.31. The Hall–Kier alpha value is -4.00. The molecule has 0 aliphatic carbocycles. The van der Waals surface area contributed by atoms with Crippen LogP contribution in [0, 0.1) is 5.82 Å². The zero-order valence-electron chi connectivity index (χ0n) is 17.7. The van der Waals surface area contributed by atoms with Crippen LogP contribution in [0.4, 0.5) is 4.39 Å². The van der Waals surface area contributed by atoms with Crippen LogP contribution in [0.3, 0.4) is 0 Å². The van der Waals surface area contributed by atoms with E-state index in [-0.39, 0.29) is 23.7 Å². The first-order valence-corrected chi connectivity index (χ1v) is 10.7. The predicted octanol–water partition coefficient (Wildman–Crippen LogP) is 3.82. The molecule has 3 heterocycles. The fourth-order valence-corrected chi connectivity index (χ4v) is 4.39. The van der Waals surface area contributed by atoms with Crippen LogP contribution in [-0.2, 0) is 22.4 Å². The van der Waals surface area contributed by atoms with E-state index in [4.69, 9.17) is 4.74 Å². The van der Waals surface area contributed by atoms with Crippen LogP contribution in [0.1, 0.15) is 28.3 Å². The van der Waals surface area contributed by atoms with E-state index < -0.39 is 17.7 Å². The van der Waals surface area contributed by atoms with Gasteiger partial charge in [-0.2, -0.15) is 0 Å². The average molecular weight is 444 g/mol. The molecule has 166 valence electrons. The molecule has 0 saturated carbocycles. The maximum absolute atomic E-state index is 13.3. The fourth-order valence-electron chi connectivity index (χ4n) is 4.39. The van der Waals surface area contributed by atoms with Crippen LogP contribution in [-0.4, -0.2) is 39.8 Å². The number of fused-ring (bicyclic) bond motifs is 1. The number of pyridine rings is 1. The molecule has 1 aromatic heterocycles. The molecule has 2 aliphatic heterocycles. The van der Waals surface area contributed by atoms with E-state index in [2.05, 4.69) is 4.98 Å². The highest BCUT2D eigenvalue weighted by atomic mass is 19.1. The number of ketones is 1. The minimum Gasteiger partial charge on any atom is -0.507 e. The molecular formula is C26H21FN2O4. The maximum Gasteiger partial charge on any atom is 0.295 e. The molecule has 1 unspecified atom stereocenters. The summed E-state index contributed by atoms with van der Waals surface area (Å²) in [7, 11) is 0. The summed E-state index contributed by atoms with van der Waals surface area (Å²) in [6, 6.07) is 14.0. The van der Waals surface area contributed by atoms with Gasteiger partial charge in [-0.15, -0.1) is 0 Å². The molecule has 33 heavy (non-hydrogen) atoms. The number of rotatable bonds is 5. The Bertz CT molecular complexity index is 1260. The summed E-state index contributed by atoms with van der Waals surface area (Å²) in [4.78, 5) is 31.6. The number of aromatic nitrogens is 1. The van der Waals surface area contributed by atoms with Crippen molar-refractivity contribution in [3.63, 3.8) is 0 Å². The van der Waals surface area contributed by atoms with E-state index in [1.54, 1.807) is 54.9 Å². The van der Waals surface area contributed by atoms with Crippen LogP contribution in [0.5, 0.6) is 5.75 Å². The lowest BCUT2D eigenvalue weighted by molar-refractivity contribution is -0.139. The first-order chi connectivity index (χ1) is 16.0. The van der Waals surface area contributed by atoms with Crippen molar-refractivity contribution in [1.29, 1.82) is 0 Å². The van der Waals surface area contributed by atoms with Crippen LogP contribution < -0.4 is 4.74 Å². The summed E-state index contributed by atoms with van der Waals surface area (Å²) < 4.78 is 18.8. The van der Waals surface area contributed by atoms with Gasteiger partial charge in [0.05, 0.1) is 18.2 Å². The molecule has 0 bridgehead atoms. The standard InChI is InChI=1S/C26H21FN2O4/c27-20-4-1-16(2-5-20)9-13-29-23(17-7-11-28-12-8-17)22(25(31)26(29)32)24(30)19-3-6-21-18(15-19)10-14-33-21/h1-8,11-12,15,23,30H,9-10,13-14H2/b24-22-. The Kier molecular flexibility index (Phi) is 5.38. The highest BCUT2D eigenvalue weighted by molar-refractivity contribution is 6.46. The number of amides is 1. The number of halogens is 1. The van der Waals surface area contributed by atoms with Crippen molar-refractivity contribution in [2.24, 2.45) is 0 Å². The predicted molar refractivity (Wildman–Crippen MR) is 119 cm³/mol. The van der Waals surface area contributed by atoms with E-state index in [9.17, 15) is 19.1 Å². The number of likely N-dealkylation sites (tertiary alicyclic amines) is 1. The smallest absolute Gasteiger partial charge is 0.295 e. The number of Topliss-reactive ketones (excluding diaryl/α,β-unsaturated/α-hetero) is 1. The topological polar surface area (TPSA) is 79.7 Å². The molecule has 1 N–H and O–H groups in total. The third-order valence-corrected chi connectivity index (χ3v) is 6.08. The average Bonchev–Trinajstić information content (AvgIpc) is 3.41. The molecule has 0 radical (unpaired) electrons. The molecule has 2 aliphatic rings. The Morgan fingerprint density at radius 3 is 2.61 bits per heavy atom. The van der Waals surface area contributed by atoms with Crippen molar-refractivity contribution >= 4 is 17.4 Å². The van der Waals surface area contributed by atoms with Gasteiger partial charge in [-0.05, 0) is 65.6 Å². The number of carbonyl (C=O) groups excluding carboxylic acids is 2.